The second-order valence-electron chi connectivity index (χ2n) is 4.60. The van der Waals surface area contributed by atoms with E-state index in [1.165, 1.54) is 36.4 Å². The molecule has 0 bridgehead atoms. The van der Waals surface area contributed by atoms with Crippen molar-refractivity contribution in [1.82, 2.24) is 0 Å². The number of hydrogen-bond acceptors (Lipinski definition) is 5. The van der Waals surface area contributed by atoms with Crippen molar-refractivity contribution in [2.45, 2.75) is 23.1 Å². The van der Waals surface area contributed by atoms with Gasteiger partial charge in [0.05, 0.1) is 9.79 Å². The van der Waals surface area contributed by atoms with Crippen molar-refractivity contribution in [1.29, 1.82) is 5.41 Å². The van der Waals surface area contributed by atoms with E-state index in [9.17, 15) is 16.8 Å². The fourth-order valence-electron chi connectivity index (χ4n) is 1.86. The first-order chi connectivity index (χ1) is 10.3. The highest BCUT2D eigenvalue weighted by molar-refractivity contribution is 8.31. The van der Waals surface area contributed by atoms with Gasteiger partial charge in [-0.1, -0.05) is 37.3 Å². The van der Waals surface area contributed by atoms with E-state index >= 15 is 0 Å². The van der Waals surface area contributed by atoms with Crippen LogP contribution in [0.1, 0.15) is 12.5 Å². The molecule has 0 spiro atoms. The fraction of sp³-hybridized carbons (Fsp3) is 0.133. The van der Waals surface area contributed by atoms with E-state index in [1.54, 1.807) is 18.2 Å². The van der Waals surface area contributed by atoms with Crippen LogP contribution in [0.3, 0.4) is 0 Å². The van der Waals surface area contributed by atoms with Gasteiger partial charge >= 0.3 is 0 Å². The molecule has 1 N–H and O–H groups in total. The lowest BCUT2D eigenvalue weighted by Gasteiger charge is -2.08. The minimum absolute atomic E-state index is 0.200. The van der Waals surface area contributed by atoms with Gasteiger partial charge in [0.2, 0.25) is 24.1 Å². The zero-order chi connectivity index (χ0) is 16.4. The number of nitrogens with one attached hydrogen (secondary N) is 1. The first kappa shape index (κ1) is 16.4. The summed E-state index contributed by atoms with van der Waals surface area (Å²) in [6.45, 7) is 1.92. The molecule has 0 amide bonds. The third-order valence-electron chi connectivity index (χ3n) is 3.18. The standard InChI is InChI=1S/C15H15NO4S2/c1-2-12-8-10-14(11-9-12)22(19,20)15(16)21(17,18)13-6-4-3-5-7-13/h3-11,16H,2H2,1H3. The van der Waals surface area contributed by atoms with Crippen LogP contribution in [-0.2, 0) is 26.1 Å². The van der Waals surface area contributed by atoms with Crippen LogP contribution in [0.5, 0.6) is 0 Å². The van der Waals surface area contributed by atoms with E-state index < -0.39 is 24.1 Å². The van der Waals surface area contributed by atoms with E-state index in [1.807, 2.05) is 6.92 Å². The van der Waals surface area contributed by atoms with E-state index in [2.05, 4.69) is 0 Å². The topological polar surface area (TPSA) is 92.1 Å². The molecule has 5 nitrogen and oxygen atoms in total. The van der Waals surface area contributed by atoms with Crippen LogP contribution in [0.2, 0.25) is 0 Å². The summed E-state index contributed by atoms with van der Waals surface area (Å²) in [6, 6.07) is 12.9. The average molecular weight is 337 g/mol. The van der Waals surface area contributed by atoms with Crippen LogP contribution in [0.25, 0.3) is 0 Å². The summed E-state index contributed by atoms with van der Waals surface area (Å²) in [5, 5.41) is 7.69. The number of benzene rings is 2. The summed E-state index contributed by atoms with van der Waals surface area (Å²) < 4.78 is 47.9. The van der Waals surface area contributed by atoms with Crippen LogP contribution in [-0.4, -0.2) is 21.2 Å². The molecule has 0 saturated heterocycles. The molecule has 0 unspecified atom stereocenters. The molecule has 0 aliphatic rings. The lowest BCUT2D eigenvalue weighted by atomic mass is 10.2. The van der Waals surface area contributed by atoms with Gasteiger partial charge in [0.1, 0.15) is 0 Å². The van der Waals surface area contributed by atoms with Crippen molar-refractivity contribution in [3.8, 4) is 0 Å². The number of rotatable bonds is 3. The van der Waals surface area contributed by atoms with E-state index in [0.29, 0.717) is 0 Å². The molecule has 0 fully saturated rings. The van der Waals surface area contributed by atoms with Gasteiger partial charge in [0.25, 0.3) is 0 Å². The molecule has 2 rings (SSSR count). The molecule has 0 radical (unpaired) electrons. The van der Waals surface area contributed by atoms with Gasteiger partial charge in [-0.05, 0) is 36.2 Å². The number of sulfone groups is 2. The Labute approximate surface area is 130 Å². The van der Waals surface area contributed by atoms with Crippen LogP contribution in [0.15, 0.2) is 64.4 Å². The molecule has 0 aliphatic carbocycles. The van der Waals surface area contributed by atoms with Crippen LogP contribution in [0, 0.1) is 5.41 Å². The Kier molecular flexibility index (Phi) is 4.48. The highest BCUT2D eigenvalue weighted by Crippen LogP contribution is 2.20. The first-order valence-electron chi connectivity index (χ1n) is 6.53. The van der Waals surface area contributed by atoms with Gasteiger partial charge < -0.3 is 0 Å². The Morgan fingerprint density at radius 1 is 0.818 bits per heavy atom. The summed E-state index contributed by atoms with van der Waals surface area (Å²) >= 11 is 0. The lowest BCUT2D eigenvalue weighted by molar-refractivity contribution is 0.602. The van der Waals surface area contributed by atoms with E-state index in [-0.39, 0.29) is 9.79 Å². The molecule has 2 aromatic rings. The van der Waals surface area contributed by atoms with Crippen molar-refractivity contribution in [3.05, 3.63) is 60.2 Å². The maximum Gasteiger partial charge on any atom is 0.249 e. The van der Waals surface area contributed by atoms with Gasteiger partial charge in [0.15, 0.2) is 0 Å². The van der Waals surface area contributed by atoms with Crippen molar-refractivity contribution in [3.63, 3.8) is 0 Å². The summed E-state index contributed by atoms with van der Waals surface area (Å²) in [4.78, 5) is -0.414. The number of aryl methyl sites for hydroxylation is 1. The minimum Gasteiger partial charge on any atom is -0.279 e. The first-order valence-corrected chi connectivity index (χ1v) is 9.49. The van der Waals surface area contributed by atoms with E-state index in [0.717, 1.165) is 12.0 Å². The van der Waals surface area contributed by atoms with Crippen LogP contribution >= 0.6 is 0 Å². The summed E-state index contributed by atoms with van der Waals surface area (Å²) in [7, 11) is -8.74. The molecule has 0 saturated carbocycles. The predicted octanol–water partition coefficient (Wildman–Crippen LogP) is 2.43. The molecular weight excluding hydrogens is 322 g/mol. The second-order valence-corrected chi connectivity index (χ2v) is 8.64. The molecule has 0 heterocycles. The molecule has 0 atom stereocenters. The Balaban J connectivity index is 2.47. The Hall–Kier alpha value is -1.99. The third kappa shape index (κ3) is 2.95. The quantitative estimate of drug-likeness (QED) is 0.688. The molecule has 116 valence electrons. The zero-order valence-electron chi connectivity index (χ0n) is 11.9. The lowest BCUT2D eigenvalue weighted by Crippen LogP contribution is -2.24. The monoisotopic (exact) mass is 337 g/mol. The van der Waals surface area contributed by atoms with Gasteiger partial charge in [-0.3, -0.25) is 5.41 Å². The second kappa shape index (κ2) is 6.02. The van der Waals surface area contributed by atoms with Crippen molar-refractivity contribution in [2.75, 3.05) is 0 Å². The molecular formula is C15H15NO4S2. The molecule has 2 aromatic carbocycles. The summed E-state index contributed by atoms with van der Waals surface area (Å²) in [5.41, 5.74) is 0.927. The van der Waals surface area contributed by atoms with Crippen molar-refractivity contribution >= 4 is 24.1 Å². The molecule has 0 aromatic heterocycles. The summed E-state index contributed by atoms with van der Waals surface area (Å²) in [6.07, 6.45) is 0.736. The highest BCUT2D eigenvalue weighted by Gasteiger charge is 2.33. The van der Waals surface area contributed by atoms with Gasteiger partial charge in [-0.15, -0.1) is 0 Å². The molecule has 0 aliphatic heterocycles. The average Bonchev–Trinajstić information content (AvgIpc) is 2.55. The smallest absolute Gasteiger partial charge is 0.249 e. The minimum atomic E-state index is -4.37. The number of hydrogen-bond donors (Lipinski definition) is 1. The highest BCUT2D eigenvalue weighted by atomic mass is 32.3. The van der Waals surface area contributed by atoms with E-state index in [4.69, 9.17) is 5.41 Å². The Morgan fingerprint density at radius 2 is 1.27 bits per heavy atom. The maximum atomic E-state index is 12.3. The predicted molar refractivity (Wildman–Crippen MR) is 84.4 cm³/mol. The molecule has 22 heavy (non-hydrogen) atoms. The van der Waals surface area contributed by atoms with Crippen molar-refractivity contribution in [2.24, 2.45) is 0 Å². The Morgan fingerprint density at radius 3 is 1.73 bits per heavy atom. The fourth-order valence-corrected chi connectivity index (χ4v) is 5.03. The van der Waals surface area contributed by atoms with Crippen molar-refractivity contribution < 1.29 is 16.8 Å². The van der Waals surface area contributed by atoms with Gasteiger partial charge in [-0.25, -0.2) is 16.8 Å². The normalized spacial score (nSPS) is 12.0. The van der Waals surface area contributed by atoms with Crippen LogP contribution < -0.4 is 0 Å². The SMILES string of the molecule is CCc1ccc(S(=O)(=O)C(=N)S(=O)(=O)c2ccccc2)cc1. The van der Waals surface area contributed by atoms with Crippen LogP contribution in [0.4, 0.5) is 0 Å². The molecule has 7 heteroatoms. The maximum absolute atomic E-state index is 12.3. The third-order valence-corrected chi connectivity index (χ3v) is 7.26. The largest absolute Gasteiger partial charge is 0.279 e. The van der Waals surface area contributed by atoms with Gasteiger partial charge in [0, 0.05) is 0 Å². The zero-order valence-corrected chi connectivity index (χ0v) is 13.5. The Bertz CT molecular complexity index is 884. The summed E-state index contributed by atoms with van der Waals surface area (Å²) in [5.74, 6) is 0. The van der Waals surface area contributed by atoms with Gasteiger partial charge in [-0.2, -0.15) is 0 Å².